The van der Waals surface area contributed by atoms with Gasteiger partial charge in [-0.1, -0.05) is 12.6 Å². The van der Waals surface area contributed by atoms with Crippen LogP contribution in [0.15, 0.2) is 48.9 Å². The number of nitrogens with zero attached hydrogens (tertiary/aromatic N) is 1. The zero-order chi connectivity index (χ0) is 15.4. The Labute approximate surface area is 120 Å². The molecule has 1 heterocycles. The molecular weight excluding hydrogens is 275 g/mol. The Kier molecular flexibility index (Phi) is 4.18. The standard InChI is InChI=1S/C15H13FN2O3/c1-9(19)7-10-4-5-13(12(16)8-10)21-15-11(14(17)20)3-2-6-18-15/h2-6,8,19H,1,7H2,(H2,17,20). The molecule has 0 radical (unpaired) electrons. The van der Waals surface area contributed by atoms with Crippen LogP contribution in [0.5, 0.6) is 11.6 Å². The van der Waals surface area contributed by atoms with E-state index in [4.69, 9.17) is 15.6 Å². The molecule has 108 valence electrons. The van der Waals surface area contributed by atoms with Gasteiger partial charge >= 0.3 is 0 Å². The number of hydrogen-bond acceptors (Lipinski definition) is 4. The number of aliphatic hydroxyl groups excluding tert-OH is 1. The molecule has 0 bridgehead atoms. The van der Waals surface area contributed by atoms with Gasteiger partial charge in [-0.2, -0.15) is 0 Å². The third-order valence-corrected chi connectivity index (χ3v) is 2.65. The molecule has 0 saturated carbocycles. The van der Waals surface area contributed by atoms with E-state index in [1.807, 2.05) is 0 Å². The van der Waals surface area contributed by atoms with Gasteiger partial charge in [-0.05, 0) is 29.8 Å². The smallest absolute Gasteiger partial charge is 0.254 e. The molecule has 3 N–H and O–H groups in total. The van der Waals surface area contributed by atoms with E-state index in [-0.39, 0.29) is 29.4 Å². The lowest BCUT2D eigenvalue weighted by molar-refractivity contribution is 0.0997. The van der Waals surface area contributed by atoms with E-state index in [0.29, 0.717) is 5.56 Å². The minimum Gasteiger partial charge on any atom is -0.513 e. The zero-order valence-electron chi connectivity index (χ0n) is 11.0. The number of halogens is 1. The van der Waals surface area contributed by atoms with Gasteiger partial charge in [0.2, 0.25) is 5.88 Å². The number of aromatic nitrogens is 1. The van der Waals surface area contributed by atoms with Gasteiger partial charge in [-0.25, -0.2) is 9.37 Å². The Morgan fingerprint density at radius 2 is 2.19 bits per heavy atom. The van der Waals surface area contributed by atoms with Crippen LogP contribution in [0.4, 0.5) is 4.39 Å². The van der Waals surface area contributed by atoms with Crippen molar-refractivity contribution in [3.05, 3.63) is 65.8 Å². The fourth-order valence-corrected chi connectivity index (χ4v) is 1.74. The first kappa shape index (κ1) is 14.5. The predicted octanol–water partition coefficient (Wildman–Crippen LogP) is 2.73. The summed E-state index contributed by atoms with van der Waals surface area (Å²) in [6.07, 6.45) is 1.55. The fraction of sp³-hybridized carbons (Fsp3) is 0.0667. The maximum Gasteiger partial charge on any atom is 0.254 e. The number of allylic oxidation sites excluding steroid dienone is 1. The Morgan fingerprint density at radius 3 is 2.81 bits per heavy atom. The van der Waals surface area contributed by atoms with Crippen LogP contribution in [0.3, 0.4) is 0 Å². The normalized spacial score (nSPS) is 10.1. The molecule has 21 heavy (non-hydrogen) atoms. The molecule has 0 unspecified atom stereocenters. The van der Waals surface area contributed by atoms with Crippen molar-refractivity contribution in [2.75, 3.05) is 0 Å². The third-order valence-electron chi connectivity index (χ3n) is 2.65. The van der Waals surface area contributed by atoms with E-state index in [1.54, 1.807) is 6.07 Å². The second kappa shape index (κ2) is 6.04. The minimum absolute atomic E-state index is 0.0599. The van der Waals surface area contributed by atoms with Gasteiger partial charge in [0.15, 0.2) is 11.6 Å². The molecule has 1 aromatic carbocycles. The van der Waals surface area contributed by atoms with Crippen LogP contribution < -0.4 is 10.5 Å². The number of benzene rings is 1. The summed E-state index contributed by atoms with van der Waals surface area (Å²) in [4.78, 5) is 15.1. The molecular formula is C15H13FN2O3. The number of hydrogen-bond donors (Lipinski definition) is 2. The number of ether oxygens (including phenoxy) is 1. The van der Waals surface area contributed by atoms with Crippen molar-refractivity contribution < 1.29 is 19.0 Å². The second-order valence-electron chi connectivity index (χ2n) is 4.33. The van der Waals surface area contributed by atoms with Gasteiger partial charge in [0, 0.05) is 12.6 Å². The number of nitrogens with two attached hydrogens (primary N) is 1. The van der Waals surface area contributed by atoms with Crippen molar-refractivity contribution in [3.63, 3.8) is 0 Å². The molecule has 0 saturated heterocycles. The summed E-state index contributed by atoms with van der Waals surface area (Å²) >= 11 is 0. The summed E-state index contributed by atoms with van der Waals surface area (Å²) in [6, 6.07) is 7.13. The molecule has 1 amide bonds. The number of amides is 1. The first-order valence-corrected chi connectivity index (χ1v) is 6.05. The van der Waals surface area contributed by atoms with Crippen molar-refractivity contribution in [2.45, 2.75) is 6.42 Å². The van der Waals surface area contributed by atoms with Crippen LogP contribution in [-0.2, 0) is 6.42 Å². The summed E-state index contributed by atoms with van der Waals surface area (Å²) in [6.45, 7) is 3.34. The van der Waals surface area contributed by atoms with Gasteiger partial charge in [-0.3, -0.25) is 4.79 Å². The molecule has 0 atom stereocenters. The molecule has 2 aromatic rings. The van der Waals surface area contributed by atoms with Crippen LogP contribution in [-0.4, -0.2) is 16.0 Å². The van der Waals surface area contributed by atoms with Crippen LogP contribution >= 0.6 is 0 Å². The summed E-state index contributed by atoms with van der Waals surface area (Å²) in [5.41, 5.74) is 5.80. The highest BCUT2D eigenvalue weighted by Crippen LogP contribution is 2.26. The van der Waals surface area contributed by atoms with Gasteiger partial charge < -0.3 is 15.6 Å². The van der Waals surface area contributed by atoms with E-state index in [1.165, 1.54) is 30.5 Å². The van der Waals surface area contributed by atoms with Crippen molar-refractivity contribution in [1.29, 1.82) is 0 Å². The summed E-state index contributed by atoms with van der Waals surface area (Å²) in [7, 11) is 0. The van der Waals surface area contributed by atoms with E-state index in [9.17, 15) is 9.18 Å². The highest BCUT2D eigenvalue weighted by molar-refractivity contribution is 5.95. The molecule has 0 aliphatic carbocycles. The third kappa shape index (κ3) is 3.56. The maximum absolute atomic E-state index is 13.9. The van der Waals surface area contributed by atoms with Crippen LogP contribution in [0.1, 0.15) is 15.9 Å². The number of carbonyl (C=O) groups is 1. The van der Waals surface area contributed by atoms with E-state index >= 15 is 0 Å². The van der Waals surface area contributed by atoms with Crippen molar-refractivity contribution in [3.8, 4) is 11.6 Å². The Morgan fingerprint density at radius 1 is 1.43 bits per heavy atom. The monoisotopic (exact) mass is 288 g/mol. The van der Waals surface area contributed by atoms with Gasteiger partial charge in [0.25, 0.3) is 5.91 Å². The summed E-state index contributed by atoms with van der Waals surface area (Å²) in [5, 5.41) is 9.09. The average Bonchev–Trinajstić information content (AvgIpc) is 2.41. The fourth-order valence-electron chi connectivity index (χ4n) is 1.74. The number of pyridine rings is 1. The topological polar surface area (TPSA) is 85.4 Å². The highest BCUT2D eigenvalue weighted by Gasteiger charge is 2.13. The zero-order valence-corrected chi connectivity index (χ0v) is 11.0. The Bertz CT molecular complexity index is 701. The first-order chi connectivity index (χ1) is 9.97. The van der Waals surface area contributed by atoms with Gasteiger partial charge in [0.05, 0.1) is 5.76 Å². The molecule has 0 aliphatic rings. The lowest BCUT2D eigenvalue weighted by Gasteiger charge is -2.09. The molecule has 0 fully saturated rings. The molecule has 1 aromatic heterocycles. The maximum atomic E-state index is 13.9. The van der Waals surface area contributed by atoms with E-state index < -0.39 is 11.7 Å². The van der Waals surface area contributed by atoms with E-state index in [0.717, 1.165) is 0 Å². The van der Waals surface area contributed by atoms with Crippen molar-refractivity contribution >= 4 is 5.91 Å². The van der Waals surface area contributed by atoms with Crippen LogP contribution in [0, 0.1) is 5.82 Å². The number of primary amides is 1. The predicted molar refractivity (Wildman–Crippen MR) is 74.7 cm³/mol. The number of aliphatic hydroxyl groups is 1. The number of rotatable bonds is 5. The molecule has 2 rings (SSSR count). The summed E-state index contributed by atoms with van der Waals surface area (Å²) in [5.74, 6) is -1.59. The molecule has 6 heteroatoms. The van der Waals surface area contributed by atoms with Crippen LogP contribution in [0.2, 0.25) is 0 Å². The molecule has 0 aliphatic heterocycles. The van der Waals surface area contributed by atoms with Gasteiger partial charge in [-0.15, -0.1) is 0 Å². The van der Waals surface area contributed by atoms with Gasteiger partial charge in [0.1, 0.15) is 5.56 Å². The Balaban J connectivity index is 2.28. The van der Waals surface area contributed by atoms with E-state index in [2.05, 4.69) is 11.6 Å². The highest BCUT2D eigenvalue weighted by atomic mass is 19.1. The Hall–Kier alpha value is -2.89. The quantitative estimate of drug-likeness (QED) is 0.828. The summed E-state index contributed by atoms with van der Waals surface area (Å²) < 4.78 is 19.2. The second-order valence-corrected chi connectivity index (χ2v) is 4.33. The average molecular weight is 288 g/mol. The lowest BCUT2D eigenvalue weighted by Crippen LogP contribution is -2.13. The van der Waals surface area contributed by atoms with Crippen molar-refractivity contribution in [2.24, 2.45) is 5.73 Å². The minimum atomic E-state index is -0.716. The first-order valence-electron chi connectivity index (χ1n) is 6.05. The SMILES string of the molecule is C=C(O)Cc1ccc(Oc2ncccc2C(N)=O)c(F)c1. The molecule has 0 spiro atoms. The van der Waals surface area contributed by atoms with Crippen LogP contribution in [0.25, 0.3) is 0 Å². The number of carbonyl (C=O) groups excluding carboxylic acids is 1. The largest absolute Gasteiger partial charge is 0.513 e. The van der Waals surface area contributed by atoms with Crippen molar-refractivity contribution in [1.82, 2.24) is 4.98 Å². The lowest BCUT2D eigenvalue weighted by atomic mass is 10.1. The molecule has 5 nitrogen and oxygen atoms in total.